The van der Waals surface area contributed by atoms with E-state index in [0.717, 1.165) is 18.8 Å². The Morgan fingerprint density at radius 1 is 1.33 bits per heavy atom. The summed E-state index contributed by atoms with van der Waals surface area (Å²) in [6.45, 7) is 5.81. The van der Waals surface area contributed by atoms with Gasteiger partial charge in [-0.15, -0.1) is 0 Å². The number of hydrogen-bond acceptors (Lipinski definition) is 4. The monoisotopic (exact) mass is 291 g/mol. The number of carbonyl (C=O) groups is 2. The number of aromatic nitrogens is 2. The topological polar surface area (TPSA) is 79.3 Å². The molecule has 2 saturated heterocycles. The molecule has 0 saturated carbocycles. The van der Waals surface area contributed by atoms with E-state index in [4.69, 9.17) is 0 Å². The maximum Gasteiger partial charge on any atom is 0.325 e. The highest BCUT2D eigenvalue weighted by molar-refractivity contribution is 6.07. The molecule has 3 rings (SSSR count). The molecule has 21 heavy (non-hydrogen) atoms. The third-order valence-electron chi connectivity index (χ3n) is 4.22. The minimum Gasteiger partial charge on any atom is -0.323 e. The van der Waals surface area contributed by atoms with Crippen molar-refractivity contribution in [3.8, 4) is 0 Å². The first kappa shape index (κ1) is 14.1. The highest BCUT2D eigenvalue weighted by atomic mass is 16.2. The Kier molecular flexibility index (Phi) is 3.44. The van der Waals surface area contributed by atoms with Gasteiger partial charge in [-0.3, -0.25) is 14.4 Å². The van der Waals surface area contributed by atoms with Gasteiger partial charge in [0.1, 0.15) is 5.54 Å². The summed E-state index contributed by atoms with van der Waals surface area (Å²) < 4.78 is 1.83. The lowest BCUT2D eigenvalue weighted by Crippen LogP contribution is -2.53. The standard InChI is InChI=1S/C14H21N5O2/c1-10(2)19-8-3-11(17-19)9-18-12(20)14(16-13(18)21)4-6-15-7-5-14/h3,8,10,15H,4-7,9H2,1-2H3,(H,16,21). The second kappa shape index (κ2) is 5.14. The van der Waals surface area contributed by atoms with Gasteiger partial charge >= 0.3 is 6.03 Å². The average molecular weight is 291 g/mol. The molecule has 0 bridgehead atoms. The predicted molar refractivity (Wildman–Crippen MR) is 76.5 cm³/mol. The summed E-state index contributed by atoms with van der Waals surface area (Å²) in [5, 5.41) is 10.5. The second-order valence-electron chi connectivity index (χ2n) is 6.03. The van der Waals surface area contributed by atoms with Crippen molar-refractivity contribution in [2.75, 3.05) is 13.1 Å². The summed E-state index contributed by atoms with van der Waals surface area (Å²) in [4.78, 5) is 26.1. The molecule has 2 aliphatic rings. The van der Waals surface area contributed by atoms with Gasteiger partial charge in [0.2, 0.25) is 0 Å². The van der Waals surface area contributed by atoms with Crippen LogP contribution in [0.25, 0.3) is 0 Å². The van der Waals surface area contributed by atoms with E-state index in [2.05, 4.69) is 15.7 Å². The van der Waals surface area contributed by atoms with Crippen LogP contribution in [0.1, 0.15) is 38.4 Å². The van der Waals surface area contributed by atoms with E-state index in [1.54, 1.807) is 0 Å². The van der Waals surface area contributed by atoms with Gasteiger partial charge in [0, 0.05) is 12.2 Å². The van der Waals surface area contributed by atoms with E-state index in [-0.39, 0.29) is 24.5 Å². The molecular weight excluding hydrogens is 270 g/mol. The van der Waals surface area contributed by atoms with Crippen LogP contribution in [0, 0.1) is 0 Å². The fourth-order valence-electron chi connectivity index (χ4n) is 2.92. The quantitative estimate of drug-likeness (QED) is 0.801. The van der Waals surface area contributed by atoms with Crippen molar-refractivity contribution in [3.05, 3.63) is 18.0 Å². The van der Waals surface area contributed by atoms with Crippen LogP contribution in [0.15, 0.2) is 12.3 Å². The number of hydrogen-bond donors (Lipinski definition) is 2. The van der Waals surface area contributed by atoms with Crippen LogP contribution < -0.4 is 10.6 Å². The molecule has 3 heterocycles. The molecule has 7 heteroatoms. The largest absolute Gasteiger partial charge is 0.325 e. The number of nitrogens with zero attached hydrogens (tertiary/aromatic N) is 3. The van der Waals surface area contributed by atoms with Crippen LogP contribution in [-0.4, -0.2) is 45.2 Å². The van der Waals surface area contributed by atoms with Gasteiger partial charge in [0.15, 0.2) is 0 Å². The molecule has 114 valence electrons. The Morgan fingerprint density at radius 2 is 2.05 bits per heavy atom. The van der Waals surface area contributed by atoms with Gasteiger partial charge in [0.05, 0.1) is 12.2 Å². The summed E-state index contributed by atoms with van der Waals surface area (Å²) >= 11 is 0. The summed E-state index contributed by atoms with van der Waals surface area (Å²) in [6.07, 6.45) is 3.17. The lowest BCUT2D eigenvalue weighted by atomic mass is 9.88. The average Bonchev–Trinajstić information content (AvgIpc) is 3.00. The van der Waals surface area contributed by atoms with E-state index >= 15 is 0 Å². The third kappa shape index (κ3) is 2.42. The maximum atomic E-state index is 12.6. The van der Waals surface area contributed by atoms with Crippen LogP contribution >= 0.6 is 0 Å². The molecule has 2 fully saturated rings. The summed E-state index contributed by atoms with van der Waals surface area (Å²) in [5.74, 6) is -0.118. The molecule has 1 spiro atoms. The molecule has 1 aromatic rings. The highest BCUT2D eigenvalue weighted by Gasteiger charge is 2.51. The molecule has 7 nitrogen and oxygen atoms in total. The molecule has 3 amide bonds. The number of urea groups is 1. The van der Waals surface area contributed by atoms with E-state index in [0.29, 0.717) is 12.8 Å². The lowest BCUT2D eigenvalue weighted by Gasteiger charge is -2.31. The minimum absolute atomic E-state index is 0.118. The number of amides is 3. The van der Waals surface area contributed by atoms with Crippen molar-refractivity contribution in [2.45, 2.75) is 44.8 Å². The van der Waals surface area contributed by atoms with Gasteiger partial charge in [-0.25, -0.2) is 4.79 Å². The van der Waals surface area contributed by atoms with Gasteiger partial charge in [0.25, 0.3) is 5.91 Å². The van der Waals surface area contributed by atoms with Crippen LogP contribution in [0.4, 0.5) is 4.79 Å². The van der Waals surface area contributed by atoms with Crippen LogP contribution in [0.2, 0.25) is 0 Å². The molecule has 0 radical (unpaired) electrons. The Morgan fingerprint density at radius 3 is 2.67 bits per heavy atom. The predicted octanol–water partition coefficient (Wildman–Crippen LogP) is 0.638. The highest BCUT2D eigenvalue weighted by Crippen LogP contribution is 2.27. The van der Waals surface area contributed by atoms with E-state index in [1.807, 2.05) is 30.8 Å². The number of nitrogens with one attached hydrogen (secondary N) is 2. The van der Waals surface area contributed by atoms with Gasteiger partial charge < -0.3 is 10.6 Å². The van der Waals surface area contributed by atoms with Gasteiger partial charge in [-0.05, 0) is 45.8 Å². The molecule has 2 aliphatic heterocycles. The van der Waals surface area contributed by atoms with Crippen molar-refractivity contribution < 1.29 is 9.59 Å². The maximum absolute atomic E-state index is 12.6. The minimum atomic E-state index is -0.705. The number of imide groups is 1. The van der Waals surface area contributed by atoms with Crippen molar-refractivity contribution in [1.29, 1.82) is 0 Å². The van der Waals surface area contributed by atoms with Gasteiger partial charge in [-0.1, -0.05) is 0 Å². The Hall–Kier alpha value is -1.89. The smallest absolute Gasteiger partial charge is 0.323 e. The Labute approximate surface area is 123 Å². The lowest BCUT2D eigenvalue weighted by molar-refractivity contribution is -0.132. The fourth-order valence-corrected chi connectivity index (χ4v) is 2.92. The SMILES string of the molecule is CC(C)n1ccc(CN2C(=O)NC3(CCNCC3)C2=O)n1. The molecule has 0 aromatic carbocycles. The van der Waals surface area contributed by atoms with E-state index in [9.17, 15) is 9.59 Å². The van der Waals surface area contributed by atoms with Gasteiger partial charge in [-0.2, -0.15) is 5.10 Å². The molecule has 0 unspecified atom stereocenters. The van der Waals surface area contributed by atoms with Crippen LogP contribution in [-0.2, 0) is 11.3 Å². The molecule has 0 aliphatic carbocycles. The van der Waals surface area contributed by atoms with E-state index in [1.165, 1.54) is 4.90 Å². The number of rotatable bonds is 3. The first-order chi connectivity index (χ1) is 10.0. The van der Waals surface area contributed by atoms with E-state index < -0.39 is 5.54 Å². The van der Waals surface area contributed by atoms with Crippen molar-refractivity contribution in [1.82, 2.24) is 25.3 Å². The van der Waals surface area contributed by atoms with Crippen molar-refractivity contribution >= 4 is 11.9 Å². The Balaban J connectivity index is 1.76. The normalized spacial score (nSPS) is 21.4. The first-order valence-corrected chi connectivity index (χ1v) is 7.41. The fraction of sp³-hybridized carbons (Fsp3) is 0.643. The zero-order valence-corrected chi connectivity index (χ0v) is 12.4. The molecule has 0 atom stereocenters. The molecule has 2 N–H and O–H groups in total. The molecular formula is C14H21N5O2. The van der Waals surface area contributed by atoms with Crippen LogP contribution in [0.5, 0.6) is 0 Å². The third-order valence-corrected chi connectivity index (χ3v) is 4.22. The summed E-state index contributed by atoms with van der Waals surface area (Å²) in [6, 6.07) is 1.81. The van der Waals surface area contributed by atoms with Crippen molar-refractivity contribution in [3.63, 3.8) is 0 Å². The summed E-state index contributed by atoms with van der Waals surface area (Å²) in [5.41, 5.74) is 0.0290. The summed E-state index contributed by atoms with van der Waals surface area (Å²) in [7, 11) is 0. The Bertz CT molecular complexity index is 559. The number of carbonyl (C=O) groups excluding carboxylic acids is 2. The zero-order chi connectivity index (χ0) is 15.0. The molecule has 1 aromatic heterocycles. The van der Waals surface area contributed by atoms with Crippen LogP contribution in [0.3, 0.4) is 0 Å². The zero-order valence-electron chi connectivity index (χ0n) is 12.4. The second-order valence-corrected chi connectivity index (χ2v) is 6.03. The first-order valence-electron chi connectivity index (χ1n) is 7.41. The van der Waals surface area contributed by atoms with Crippen molar-refractivity contribution in [2.24, 2.45) is 0 Å². The number of piperidine rings is 1.